The van der Waals surface area contributed by atoms with E-state index < -0.39 is 58.8 Å². The van der Waals surface area contributed by atoms with Gasteiger partial charge in [-0.3, -0.25) is 4.55 Å². The minimum Gasteiger partial charge on any atom is -0.462 e. The third kappa shape index (κ3) is 4.43. The predicted molar refractivity (Wildman–Crippen MR) is 96.9 cm³/mol. The summed E-state index contributed by atoms with van der Waals surface area (Å²) in [7, 11) is -4.40. The van der Waals surface area contributed by atoms with Gasteiger partial charge in [-0.2, -0.15) is 8.42 Å². The van der Waals surface area contributed by atoms with Crippen LogP contribution in [0.3, 0.4) is 0 Å². The molecule has 3 rings (SSSR count). The number of hydrogen-bond acceptors (Lipinski definition) is 10. The highest BCUT2D eigenvalue weighted by Gasteiger charge is 2.44. The van der Waals surface area contributed by atoms with E-state index in [1.807, 2.05) is 0 Å². The molecule has 1 saturated heterocycles. The Morgan fingerprint density at radius 2 is 1.83 bits per heavy atom. The van der Waals surface area contributed by atoms with E-state index in [2.05, 4.69) is 0 Å². The van der Waals surface area contributed by atoms with Crippen LogP contribution in [-0.2, 0) is 20.6 Å². The Hall–Kier alpha value is -2.06. The normalized spacial score (nSPS) is 27.9. The van der Waals surface area contributed by atoms with Crippen molar-refractivity contribution in [2.24, 2.45) is 0 Å². The number of ether oxygens (including phenoxy) is 2. The first-order valence-electron chi connectivity index (χ1n) is 8.50. The minimum absolute atomic E-state index is 0.00163. The van der Waals surface area contributed by atoms with E-state index >= 15 is 0 Å². The van der Waals surface area contributed by atoms with Gasteiger partial charge in [-0.15, -0.1) is 0 Å². The summed E-state index contributed by atoms with van der Waals surface area (Å²) in [5.74, 6) is -0.712. The fraction of sp³-hybridized carbons (Fsp3) is 0.471. The van der Waals surface area contributed by atoms with Gasteiger partial charge in [0.15, 0.2) is 0 Å². The zero-order chi connectivity index (χ0) is 21.5. The lowest BCUT2D eigenvalue weighted by molar-refractivity contribution is -0.277. The number of aryl methyl sites for hydroxylation is 1. The second-order valence-electron chi connectivity index (χ2n) is 6.70. The summed E-state index contributed by atoms with van der Waals surface area (Å²) in [6.45, 7) is 0.872. The average molecular weight is 432 g/mol. The molecule has 1 fully saturated rings. The van der Waals surface area contributed by atoms with Gasteiger partial charge < -0.3 is 34.3 Å². The maximum atomic E-state index is 11.8. The van der Waals surface area contributed by atoms with Gasteiger partial charge in [-0.25, -0.2) is 4.79 Å². The molecule has 11 nitrogen and oxygen atoms in total. The number of fused-ring (bicyclic) bond motifs is 1. The van der Waals surface area contributed by atoms with Gasteiger partial charge in [-0.1, -0.05) is 0 Å². The summed E-state index contributed by atoms with van der Waals surface area (Å²) in [6, 6.07) is 3.74. The Morgan fingerprint density at radius 3 is 2.45 bits per heavy atom. The number of aliphatic hydroxyl groups is 4. The van der Waals surface area contributed by atoms with Crippen LogP contribution in [0, 0.1) is 6.92 Å². The van der Waals surface area contributed by atoms with Crippen molar-refractivity contribution in [3.63, 3.8) is 0 Å². The minimum atomic E-state index is -4.40. The zero-order valence-corrected chi connectivity index (χ0v) is 15.9. The van der Waals surface area contributed by atoms with Crippen molar-refractivity contribution < 1.29 is 47.3 Å². The van der Waals surface area contributed by atoms with Crippen molar-refractivity contribution >= 4 is 21.1 Å². The molecule has 5 N–H and O–H groups in total. The largest absolute Gasteiger partial charge is 0.462 e. The third-order valence-corrected chi connectivity index (χ3v) is 5.30. The van der Waals surface area contributed by atoms with E-state index in [4.69, 9.17) is 18.4 Å². The van der Waals surface area contributed by atoms with Crippen LogP contribution in [0.1, 0.15) is 11.1 Å². The summed E-state index contributed by atoms with van der Waals surface area (Å²) < 4.78 is 47.5. The van der Waals surface area contributed by atoms with Crippen LogP contribution >= 0.6 is 0 Å². The maximum absolute atomic E-state index is 11.8. The number of hydrogen-bond donors (Lipinski definition) is 5. The summed E-state index contributed by atoms with van der Waals surface area (Å²) in [6.07, 6.45) is -7.44. The average Bonchev–Trinajstić information content (AvgIpc) is 2.63. The highest BCUT2D eigenvalue weighted by molar-refractivity contribution is 7.85. The molecule has 0 spiro atoms. The summed E-state index contributed by atoms with van der Waals surface area (Å²) in [5.41, 5.74) is -0.558. The molecule has 12 heteroatoms. The molecule has 29 heavy (non-hydrogen) atoms. The molecule has 0 saturated carbocycles. The maximum Gasteiger partial charge on any atom is 0.336 e. The van der Waals surface area contributed by atoms with Crippen molar-refractivity contribution in [3.05, 3.63) is 39.7 Å². The van der Waals surface area contributed by atoms with Crippen LogP contribution in [-0.4, -0.2) is 70.7 Å². The van der Waals surface area contributed by atoms with E-state index in [0.717, 1.165) is 6.07 Å². The van der Waals surface area contributed by atoms with Crippen LogP contribution in [0.2, 0.25) is 0 Å². The summed E-state index contributed by atoms with van der Waals surface area (Å²) >= 11 is 0. The van der Waals surface area contributed by atoms with Gasteiger partial charge in [0.1, 0.15) is 41.5 Å². The Bertz CT molecular complexity index is 1060. The van der Waals surface area contributed by atoms with Crippen LogP contribution < -0.4 is 10.4 Å². The molecule has 1 aliphatic rings. The second-order valence-corrected chi connectivity index (χ2v) is 8.15. The highest BCUT2D eigenvalue weighted by atomic mass is 32.2. The van der Waals surface area contributed by atoms with E-state index in [9.17, 15) is 33.6 Å². The van der Waals surface area contributed by atoms with E-state index in [0.29, 0.717) is 0 Å². The second kappa shape index (κ2) is 7.99. The molecule has 1 aliphatic heterocycles. The van der Waals surface area contributed by atoms with Crippen LogP contribution in [0.25, 0.3) is 11.0 Å². The molecule has 2 aromatic rings. The molecule has 5 atom stereocenters. The standard InChI is InChI=1S/C17H20O11S/c1-7-10(26-17-15(22)14(21)13(20)11(5-18)27-17)3-2-9-8(6-29(23,24)25)4-12(19)28-16(7)9/h2-4,11,13-15,17-18,20-22H,5-6H2,1H3,(H,23,24,25)/t11?,13-,14-,15?,17-/m1/s1. The highest BCUT2D eigenvalue weighted by Crippen LogP contribution is 2.32. The topological polar surface area (TPSA) is 184 Å². The van der Waals surface area contributed by atoms with Crippen molar-refractivity contribution in [1.29, 1.82) is 0 Å². The summed E-state index contributed by atoms with van der Waals surface area (Å²) in [4.78, 5) is 11.8. The number of benzene rings is 1. The third-order valence-electron chi connectivity index (χ3n) is 4.63. The molecule has 0 radical (unpaired) electrons. The monoisotopic (exact) mass is 432 g/mol. The van der Waals surface area contributed by atoms with Crippen LogP contribution in [0.4, 0.5) is 0 Å². The van der Waals surface area contributed by atoms with E-state index in [-0.39, 0.29) is 27.8 Å². The SMILES string of the molecule is Cc1c(O[C@@H]2OC(CO)[C@@H](O)[C@@H](O)C2O)ccc2c(CS(=O)(=O)O)cc(=O)oc12. The molecule has 2 unspecified atom stereocenters. The predicted octanol–water partition coefficient (Wildman–Crippen LogP) is -1.33. The lowest BCUT2D eigenvalue weighted by Crippen LogP contribution is -2.60. The van der Waals surface area contributed by atoms with Gasteiger partial charge in [0.05, 0.1) is 6.61 Å². The molecular formula is C17H20O11S. The van der Waals surface area contributed by atoms with Crippen molar-refractivity contribution in [2.75, 3.05) is 6.61 Å². The van der Waals surface area contributed by atoms with Gasteiger partial charge in [0.25, 0.3) is 10.1 Å². The van der Waals surface area contributed by atoms with E-state index in [1.54, 1.807) is 0 Å². The van der Waals surface area contributed by atoms with E-state index in [1.165, 1.54) is 19.1 Å². The molecule has 0 amide bonds. The van der Waals surface area contributed by atoms with Crippen LogP contribution in [0.5, 0.6) is 5.75 Å². The fourth-order valence-electron chi connectivity index (χ4n) is 3.14. The molecular weight excluding hydrogens is 412 g/mol. The first-order valence-corrected chi connectivity index (χ1v) is 10.1. The lowest BCUT2D eigenvalue weighted by Gasteiger charge is -2.39. The van der Waals surface area contributed by atoms with Gasteiger partial charge in [0.2, 0.25) is 6.29 Å². The van der Waals surface area contributed by atoms with Crippen molar-refractivity contribution in [1.82, 2.24) is 0 Å². The molecule has 1 aromatic carbocycles. The lowest BCUT2D eigenvalue weighted by atomic mass is 9.99. The quantitative estimate of drug-likeness (QED) is 0.278. The van der Waals surface area contributed by atoms with Gasteiger partial charge in [-0.05, 0) is 24.6 Å². The van der Waals surface area contributed by atoms with Crippen LogP contribution in [0.15, 0.2) is 27.4 Å². The molecule has 160 valence electrons. The van der Waals surface area contributed by atoms with Gasteiger partial charge in [0, 0.05) is 17.0 Å². The van der Waals surface area contributed by atoms with Crippen molar-refractivity contribution in [2.45, 2.75) is 43.4 Å². The molecule has 2 heterocycles. The Balaban J connectivity index is 1.99. The Morgan fingerprint density at radius 1 is 1.14 bits per heavy atom. The summed E-state index contributed by atoms with van der Waals surface area (Å²) in [5, 5.41) is 39.3. The first kappa shape index (κ1) is 21.6. The first-order chi connectivity index (χ1) is 13.5. The number of aliphatic hydroxyl groups excluding tert-OH is 4. The molecule has 0 aliphatic carbocycles. The molecule has 1 aromatic heterocycles. The zero-order valence-electron chi connectivity index (χ0n) is 15.1. The van der Waals surface area contributed by atoms with Gasteiger partial charge >= 0.3 is 5.63 Å². The fourth-order valence-corrected chi connectivity index (χ4v) is 3.77. The smallest absolute Gasteiger partial charge is 0.336 e. The number of rotatable bonds is 5. The van der Waals surface area contributed by atoms with Crippen molar-refractivity contribution in [3.8, 4) is 5.75 Å². The molecule has 0 bridgehead atoms. The Labute approximate surface area is 164 Å². The Kier molecular flexibility index (Phi) is 5.96.